The van der Waals surface area contributed by atoms with Gasteiger partial charge in [-0.15, -0.1) is 11.8 Å². The molecule has 146 valence electrons. The molecule has 0 fully saturated rings. The maximum absolute atomic E-state index is 12.2. The lowest BCUT2D eigenvalue weighted by Crippen LogP contribution is -2.30. The first kappa shape index (κ1) is 21.8. The van der Waals surface area contributed by atoms with Crippen LogP contribution in [0.5, 0.6) is 5.75 Å². The Hall–Kier alpha value is -1.51. The van der Waals surface area contributed by atoms with Gasteiger partial charge in [-0.2, -0.15) is 0 Å². The van der Waals surface area contributed by atoms with Crippen molar-refractivity contribution < 1.29 is 17.9 Å². The lowest BCUT2D eigenvalue weighted by Gasteiger charge is -2.17. The van der Waals surface area contributed by atoms with Gasteiger partial charge >= 0.3 is 0 Å². The van der Waals surface area contributed by atoms with Gasteiger partial charge in [-0.1, -0.05) is 22.0 Å². The minimum atomic E-state index is -3.25. The number of hydrogen-bond donors (Lipinski definition) is 0. The molecule has 27 heavy (non-hydrogen) atoms. The van der Waals surface area contributed by atoms with Crippen molar-refractivity contribution in [3.63, 3.8) is 0 Å². The van der Waals surface area contributed by atoms with Crippen molar-refractivity contribution in [1.29, 1.82) is 0 Å². The van der Waals surface area contributed by atoms with Gasteiger partial charge in [0.05, 0.1) is 17.3 Å². The molecule has 0 saturated heterocycles. The Morgan fingerprint density at radius 2 is 1.89 bits per heavy atom. The molecule has 0 radical (unpaired) electrons. The summed E-state index contributed by atoms with van der Waals surface area (Å²) >= 11 is 4.89. The second-order valence-electron chi connectivity index (χ2n) is 6.01. The van der Waals surface area contributed by atoms with Crippen molar-refractivity contribution in [2.75, 3.05) is 32.2 Å². The Morgan fingerprint density at radius 3 is 2.56 bits per heavy atom. The van der Waals surface area contributed by atoms with Crippen LogP contribution in [0.3, 0.4) is 0 Å². The predicted octanol–water partition coefficient (Wildman–Crippen LogP) is 3.87. The van der Waals surface area contributed by atoms with E-state index >= 15 is 0 Å². The highest BCUT2D eigenvalue weighted by Gasteiger charge is 2.10. The summed E-state index contributed by atoms with van der Waals surface area (Å²) in [5.41, 5.74) is 0. The molecule has 5 nitrogen and oxygen atoms in total. The van der Waals surface area contributed by atoms with E-state index in [-0.39, 0.29) is 10.8 Å². The van der Waals surface area contributed by atoms with Crippen LogP contribution in [0.2, 0.25) is 0 Å². The first-order valence-electron chi connectivity index (χ1n) is 8.31. The molecule has 0 spiro atoms. The van der Waals surface area contributed by atoms with Gasteiger partial charge in [0, 0.05) is 29.2 Å². The summed E-state index contributed by atoms with van der Waals surface area (Å²) in [4.78, 5) is 15.2. The van der Waals surface area contributed by atoms with E-state index in [2.05, 4.69) is 15.9 Å². The maximum Gasteiger partial charge on any atom is 0.232 e. The zero-order chi connectivity index (χ0) is 19.9. The van der Waals surface area contributed by atoms with Crippen LogP contribution < -0.4 is 4.74 Å². The lowest BCUT2D eigenvalue weighted by molar-refractivity contribution is -0.127. The van der Waals surface area contributed by atoms with Gasteiger partial charge in [0.25, 0.3) is 0 Å². The van der Waals surface area contributed by atoms with Gasteiger partial charge in [-0.25, -0.2) is 8.42 Å². The van der Waals surface area contributed by atoms with Gasteiger partial charge in [0.2, 0.25) is 5.91 Å². The fraction of sp³-hybridized carbons (Fsp3) is 0.316. The van der Waals surface area contributed by atoms with E-state index in [9.17, 15) is 13.2 Å². The minimum absolute atomic E-state index is 0.0574. The SMILES string of the molecule is CN(CCCOc1cccc(S(C)(=O)=O)c1)C(=O)CSc1ccc(Br)cc1. The number of benzene rings is 2. The Morgan fingerprint density at radius 1 is 1.19 bits per heavy atom. The third-order valence-electron chi connectivity index (χ3n) is 3.74. The first-order valence-corrected chi connectivity index (χ1v) is 12.0. The summed E-state index contributed by atoms with van der Waals surface area (Å²) in [5.74, 6) is 0.953. The van der Waals surface area contributed by atoms with Crippen LogP contribution in [0, 0.1) is 0 Å². The fourth-order valence-corrected chi connectivity index (χ4v) is 3.96. The minimum Gasteiger partial charge on any atom is -0.493 e. The highest BCUT2D eigenvalue weighted by atomic mass is 79.9. The summed E-state index contributed by atoms with van der Waals surface area (Å²) in [7, 11) is -1.48. The number of hydrogen-bond acceptors (Lipinski definition) is 5. The molecule has 0 heterocycles. The van der Waals surface area contributed by atoms with E-state index in [0.29, 0.717) is 31.1 Å². The van der Waals surface area contributed by atoms with Crippen LogP contribution in [-0.2, 0) is 14.6 Å². The molecule has 0 aliphatic carbocycles. The number of carbonyl (C=O) groups is 1. The number of thioether (sulfide) groups is 1. The van der Waals surface area contributed by atoms with Crippen LogP contribution in [0.4, 0.5) is 0 Å². The van der Waals surface area contributed by atoms with Crippen LogP contribution >= 0.6 is 27.7 Å². The van der Waals surface area contributed by atoms with E-state index in [1.807, 2.05) is 24.3 Å². The zero-order valence-corrected chi connectivity index (χ0v) is 18.4. The number of ether oxygens (including phenoxy) is 1. The average Bonchev–Trinajstić information content (AvgIpc) is 2.64. The average molecular weight is 472 g/mol. The highest BCUT2D eigenvalue weighted by molar-refractivity contribution is 9.10. The zero-order valence-electron chi connectivity index (χ0n) is 15.2. The molecule has 0 bridgehead atoms. The molecule has 2 aromatic carbocycles. The van der Waals surface area contributed by atoms with Gasteiger partial charge in [0.1, 0.15) is 5.75 Å². The van der Waals surface area contributed by atoms with E-state index in [1.54, 1.807) is 24.1 Å². The van der Waals surface area contributed by atoms with Gasteiger partial charge in [0.15, 0.2) is 9.84 Å². The van der Waals surface area contributed by atoms with Crippen LogP contribution in [-0.4, -0.2) is 51.4 Å². The molecule has 0 unspecified atom stereocenters. The molecule has 2 aromatic rings. The molecule has 2 rings (SSSR count). The highest BCUT2D eigenvalue weighted by Crippen LogP contribution is 2.21. The van der Waals surface area contributed by atoms with Gasteiger partial charge < -0.3 is 9.64 Å². The molecular weight excluding hydrogens is 450 g/mol. The topological polar surface area (TPSA) is 63.7 Å². The number of nitrogens with zero attached hydrogens (tertiary/aromatic N) is 1. The second-order valence-corrected chi connectivity index (χ2v) is 9.99. The maximum atomic E-state index is 12.2. The largest absolute Gasteiger partial charge is 0.493 e. The van der Waals surface area contributed by atoms with Crippen molar-refractivity contribution in [2.45, 2.75) is 16.2 Å². The van der Waals surface area contributed by atoms with Crippen molar-refractivity contribution >= 4 is 43.4 Å². The summed E-state index contributed by atoms with van der Waals surface area (Å²) in [6.45, 7) is 0.982. The summed E-state index contributed by atoms with van der Waals surface area (Å²) in [6.07, 6.45) is 1.83. The van der Waals surface area contributed by atoms with E-state index in [4.69, 9.17) is 4.74 Å². The number of amides is 1. The first-order chi connectivity index (χ1) is 12.8. The normalized spacial score (nSPS) is 11.2. The molecular formula is C19H22BrNO4S2. The standard InChI is InChI=1S/C19H22BrNO4S2/c1-21(19(22)14-26-17-9-7-15(20)8-10-17)11-4-12-25-16-5-3-6-18(13-16)27(2,23)24/h3,5-10,13H,4,11-12,14H2,1-2H3. The van der Waals surface area contributed by atoms with Crippen molar-refractivity contribution in [2.24, 2.45) is 0 Å². The summed E-state index contributed by atoms with van der Waals surface area (Å²) in [5, 5.41) is 0. The molecule has 1 amide bonds. The van der Waals surface area contributed by atoms with Crippen LogP contribution in [0.15, 0.2) is 62.8 Å². The van der Waals surface area contributed by atoms with E-state index in [0.717, 1.165) is 9.37 Å². The smallest absolute Gasteiger partial charge is 0.232 e. The number of rotatable bonds is 9. The Labute approximate surface area is 173 Å². The van der Waals surface area contributed by atoms with Gasteiger partial charge in [-0.05, 0) is 48.9 Å². The number of carbonyl (C=O) groups excluding carboxylic acids is 1. The lowest BCUT2D eigenvalue weighted by atomic mass is 10.3. The van der Waals surface area contributed by atoms with E-state index in [1.165, 1.54) is 30.2 Å². The monoisotopic (exact) mass is 471 g/mol. The number of halogens is 1. The molecule has 0 aliphatic heterocycles. The second kappa shape index (κ2) is 10.1. The Kier molecular flexibility index (Phi) is 8.19. The van der Waals surface area contributed by atoms with Crippen molar-refractivity contribution in [3.05, 3.63) is 53.0 Å². The molecule has 0 N–H and O–H groups in total. The van der Waals surface area contributed by atoms with Crippen molar-refractivity contribution in [1.82, 2.24) is 4.90 Å². The number of sulfone groups is 1. The van der Waals surface area contributed by atoms with E-state index < -0.39 is 9.84 Å². The Balaban J connectivity index is 1.71. The van der Waals surface area contributed by atoms with Crippen LogP contribution in [0.1, 0.15) is 6.42 Å². The molecule has 0 aromatic heterocycles. The summed E-state index contributed by atoms with van der Waals surface area (Å²) < 4.78 is 29.7. The quantitative estimate of drug-likeness (QED) is 0.410. The molecule has 0 saturated carbocycles. The third kappa shape index (κ3) is 7.56. The third-order valence-corrected chi connectivity index (χ3v) is 6.38. The molecule has 0 aliphatic rings. The molecule has 0 atom stereocenters. The van der Waals surface area contributed by atoms with Crippen LogP contribution in [0.25, 0.3) is 0 Å². The molecule has 8 heteroatoms. The predicted molar refractivity (Wildman–Crippen MR) is 112 cm³/mol. The van der Waals surface area contributed by atoms with Crippen molar-refractivity contribution in [3.8, 4) is 5.75 Å². The van der Waals surface area contributed by atoms with Gasteiger partial charge in [-0.3, -0.25) is 4.79 Å². The summed E-state index contributed by atoms with van der Waals surface area (Å²) in [6, 6.07) is 14.3. The fourth-order valence-electron chi connectivity index (χ4n) is 2.20. The Bertz CT molecular complexity index is 870.